The van der Waals surface area contributed by atoms with Gasteiger partial charge in [0.2, 0.25) is 0 Å². The predicted molar refractivity (Wildman–Crippen MR) is 52.6 cm³/mol. The molecule has 0 aromatic carbocycles. The van der Waals surface area contributed by atoms with Crippen LogP contribution in [0.15, 0.2) is 0 Å². The number of carbonyl (C=O) groups excluding carboxylic acids is 1. The Bertz CT molecular complexity index is 226. The Labute approximate surface area is 94.8 Å². The number of alkyl halides is 5. The fourth-order valence-corrected chi connectivity index (χ4v) is 1.66. The van der Waals surface area contributed by atoms with Crippen LogP contribution in [-0.2, 0) is 4.79 Å². The number of rotatable bonds is 6. The second-order valence-electron chi connectivity index (χ2n) is 3.23. The standard InChI is InChI=1S/C9H13F5OS/c1-2-7(15)16-6-4-3-5-8(10,11)9(12,13)14/h2-6H2,1H3. The van der Waals surface area contributed by atoms with Crippen molar-refractivity contribution in [2.24, 2.45) is 0 Å². The lowest BCUT2D eigenvalue weighted by Gasteiger charge is -2.19. The lowest BCUT2D eigenvalue weighted by molar-refractivity contribution is -0.284. The Morgan fingerprint density at radius 3 is 2.12 bits per heavy atom. The number of thioether (sulfide) groups is 1. The van der Waals surface area contributed by atoms with Crippen LogP contribution in [0.2, 0.25) is 0 Å². The first-order chi connectivity index (χ1) is 7.20. The van der Waals surface area contributed by atoms with Crippen molar-refractivity contribution in [3.05, 3.63) is 0 Å². The van der Waals surface area contributed by atoms with Gasteiger partial charge >= 0.3 is 12.1 Å². The molecule has 0 aliphatic heterocycles. The highest BCUT2D eigenvalue weighted by molar-refractivity contribution is 8.13. The monoisotopic (exact) mass is 264 g/mol. The topological polar surface area (TPSA) is 17.1 Å². The molecule has 0 saturated carbocycles. The smallest absolute Gasteiger partial charge is 0.287 e. The zero-order chi connectivity index (χ0) is 12.8. The summed E-state index contributed by atoms with van der Waals surface area (Å²) in [5.41, 5.74) is 0. The number of hydrogen-bond donors (Lipinski definition) is 0. The van der Waals surface area contributed by atoms with Gasteiger partial charge in [0.1, 0.15) is 0 Å². The van der Waals surface area contributed by atoms with Crippen molar-refractivity contribution in [1.82, 2.24) is 0 Å². The summed E-state index contributed by atoms with van der Waals surface area (Å²) in [6, 6.07) is 0. The molecule has 0 atom stereocenters. The molecular formula is C9H13F5OS. The van der Waals surface area contributed by atoms with Gasteiger partial charge in [-0.05, 0) is 12.8 Å². The molecule has 0 aliphatic rings. The highest BCUT2D eigenvalue weighted by Gasteiger charge is 2.56. The Hall–Kier alpha value is -0.330. The Balaban J connectivity index is 3.71. The van der Waals surface area contributed by atoms with Crippen molar-refractivity contribution in [3.8, 4) is 0 Å². The van der Waals surface area contributed by atoms with E-state index in [0.717, 1.165) is 11.8 Å². The molecule has 96 valence electrons. The molecule has 1 nitrogen and oxygen atoms in total. The van der Waals surface area contributed by atoms with Crippen molar-refractivity contribution in [2.75, 3.05) is 5.75 Å². The Kier molecular flexibility index (Phi) is 6.28. The van der Waals surface area contributed by atoms with E-state index in [9.17, 15) is 26.7 Å². The number of carbonyl (C=O) groups is 1. The SMILES string of the molecule is CCC(=O)SCCCCC(F)(F)C(F)(F)F. The minimum atomic E-state index is -5.47. The normalized spacial score (nSPS) is 12.9. The summed E-state index contributed by atoms with van der Waals surface area (Å²) < 4.78 is 59.9. The van der Waals surface area contributed by atoms with Gasteiger partial charge in [0.15, 0.2) is 5.12 Å². The average Bonchev–Trinajstić information content (AvgIpc) is 2.15. The third-order valence-electron chi connectivity index (χ3n) is 1.85. The maximum absolute atomic E-state index is 12.4. The van der Waals surface area contributed by atoms with Gasteiger partial charge in [-0.2, -0.15) is 22.0 Å². The van der Waals surface area contributed by atoms with Crippen LogP contribution in [0.3, 0.4) is 0 Å². The zero-order valence-electron chi connectivity index (χ0n) is 8.74. The summed E-state index contributed by atoms with van der Waals surface area (Å²) in [6.07, 6.45) is -6.40. The van der Waals surface area contributed by atoms with Crippen LogP contribution in [0.5, 0.6) is 0 Å². The van der Waals surface area contributed by atoms with E-state index in [2.05, 4.69) is 0 Å². The van der Waals surface area contributed by atoms with Crippen LogP contribution >= 0.6 is 11.8 Å². The number of halogens is 5. The van der Waals surface area contributed by atoms with Crippen molar-refractivity contribution in [2.45, 2.75) is 44.7 Å². The maximum Gasteiger partial charge on any atom is 0.453 e. The largest absolute Gasteiger partial charge is 0.453 e. The van der Waals surface area contributed by atoms with Crippen molar-refractivity contribution in [3.63, 3.8) is 0 Å². The molecule has 0 aliphatic carbocycles. The first-order valence-corrected chi connectivity index (χ1v) is 5.79. The van der Waals surface area contributed by atoms with Gasteiger partial charge in [0.25, 0.3) is 0 Å². The van der Waals surface area contributed by atoms with Crippen LogP contribution in [0.4, 0.5) is 22.0 Å². The molecule has 0 fully saturated rings. The minimum absolute atomic E-state index is 0.0809. The molecule has 16 heavy (non-hydrogen) atoms. The summed E-state index contributed by atoms with van der Waals surface area (Å²) in [6.45, 7) is 1.66. The Morgan fingerprint density at radius 2 is 1.69 bits per heavy atom. The fourth-order valence-electron chi connectivity index (χ4n) is 0.879. The molecule has 0 saturated heterocycles. The molecule has 7 heteroatoms. The van der Waals surface area contributed by atoms with Crippen LogP contribution in [0.25, 0.3) is 0 Å². The van der Waals surface area contributed by atoms with E-state index in [1.54, 1.807) is 6.92 Å². The summed E-state index contributed by atoms with van der Waals surface area (Å²) in [5, 5.41) is -0.0809. The molecule has 0 spiro atoms. The first-order valence-electron chi connectivity index (χ1n) is 4.81. The second kappa shape index (κ2) is 6.42. The summed E-state index contributed by atoms with van der Waals surface area (Å²) in [5.74, 6) is -4.33. The molecule has 0 N–H and O–H groups in total. The first kappa shape index (κ1) is 15.7. The number of hydrogen-bond acceptors (Lipinski definition) is 2. The highest BCUT2D eigenvalue weighted by Crippen LogP contribution is 2.39. The van der Waals surface area contributed by atoms with Crippen molar-refractivity contribution >= 4 is 16.9 Å². The van der Waals surface area contributed by atoms with E-state index < -0.39 is 18.5 Å². The quantitative estimate of drug-likeness (QED) is 0.532. The molecular weight excluding hydrogens is 251 g/mol. The lowest BCUT2D eigenvalue weighted by Crippen LogP contribution is -2.36. The Morgan fingerprint density at radius 1 is 1.12 bits per heavy atom. The third kappa shape index (κ3) is 5.67. The third-order valence-corrected chi connectivity index (χ3v) is 2.96. The maximum atomic E-state index is 12.4. The van der Waals surface area contributed by atoms with E-state index in [1.807, 2.05) is 0 Å². The molecule has 0 unspecified atom stereocenters. The van der Waals surface area contributed by atoms with Gasteiger partial charge in [-0.1, -0.05) is 18.7 Å². The zero-order valence-corrected chi connectivity index (χ0v) is 9.56. The van der Waals surface area contributed by atoms with Crippen LogP contribution in [0.1, 0.15) is 32.6 Å². The van der Waals surface area contributed by atoms with E-state index in [0.29, 0.717) is 12.2 Å². The van der Waals surface area contributed by atoms with Gasteiger partial charge in [-0.3, -0.25) is 4.79 Å². The van der Waals surface area contributed by atoms with Gasteiger partial charge in [-0.25, -0.2) is 0 Å². The van der Waals surface area contributed by atoms with E-state index in [4.69, 9.17) is 0 Å². The van der Waals surface area contributed by atoms with Crippen molar-refractivity contribution < 1.29 is 26.7 Å². The summed E-state index contributed by atoms with van der Waals surface area (Å²) in [4.78, 5) is 10.8. The van der Waals surface area contributed by atoms with Crippen LogP contribution in [-0.4, -0.2) is 23.0 Å². The summed E-state index contributed by atoms with van der Waals surface area (Å²) >= 11 is 0.969. The number of unbranched alkanes of at least 4 members (excludes halogenated alkanes) is 1. The van der Waals surface area contributed by atoms with E-state index in [1.165, 1.54) is 0 Å². The van der Waals surface area contributed by atoms with Crippen LogP contribution in [0, 0.1) is 0 Å². The second-order valence-corrected chi connectivity index (χ2v) is 4.39. The molecule has 0 bridgehead atoms. The molecule has 0 rings (SSSR count). The van der Waals surface area contributed by atoms with E-state index >= 15 is 0 Å². The summed E-state index contributed by atoms with van der Waals surface area (Å²) in [7, 11) is 0. The van der Waals surface area contributed by atoms with Crippen molar-refractivity contribution in [1.29, 1.82) is 0 Å². The van der Waals surface area contributed by atoms with Gasteiger partial charge in [-0.15, -0.1) is 0 Å². The molecule has 0 aromatic heterocycles. The lowest BCUT2D eigenvalue weighted by atomic mass is 10.1. The predicted octanol–water partition coefficient (Wildman–Crippen LogP) is 4.02. The van der Waals surface area contributed by atoms with Gasteiger partial charge < -0.3 is 0 Å². The molecule has 0 aromatic rings. The minimum Gasteiger partial charge on any atom is -0.287 e. The molecule has 0 heterocycles. The average molecular weight is 264 g/mol. The molecule has 0 amide bonds. The van der Waals surface area contributed by atoms with Crippen LogP contribution < -0.4 is 0 Å². The van der Waals surface area contributed by atoms with E-state index in [-0.39, 0.29) is 18.0 Å². The fraction of sp³-hybridized carbons (Fsp3) is 0.889. The van der Waals surface area contributed by atoms with Gasteiger partial charge in [0.05, 0.1) is 0 Å². The highest BCUT2D eigenvalue weighted by atomic mass is 32.2. The van der Waals surface area contributed by atoms with Gasteiger partial charge in [0, 0.05) is 18.6 Å². The molecule has 0 radical (unpaired) electrons.